The smallest absolute Gasteiger partial charge is 0.241 e. The van der Waals surface area contributed by atoms with Gasteiger partial charge in [0.05, 0.1) is 11.6 Å². The van der Waals surface area contributed by atoms with Crippen LogP contribution in [0, 0.1) is 16.7 Å². The van der Waals surface area contributed by atoms with E-state index in [9.17, 15) is 10.1 Å². The number of nitrogens with two attached hydrogens (primary N) is 1. The highest BCUT2D eigenvalue weighted by molar-refractivity contribution is 5.86. The molecule has 1 amide bonds. The molecular weight excluding hydrogens is 338 g/mol. The lowest BCUT2D eigenvalue weighted by molar-refractivity contribution is -0.130. The molecule has 1 aliphatic carbocycles. The van der Waals surface area contributed by atoms with Gasteiger partial charge in [0.1, 0.15) is 6.04 Å². The van der Waals surface area contributed by atoms with Gasteiger partial charge in [-0.05, 0) is 24.8 Å². The van der Waals surface area contributed by atoms with Crippen molar-refractivity contribution in [1.29, 1.82) is 5.26 Å². The Hall–Kier alpha value is -2.42. The Morgan fingerprint density at radius 1 is 1.30 bits per heavy atom. The third-order valence-electron chi connectivity index (χ3n) is 5.50. The van der Waals surface area contributed by atoms with Crippen LogP contribution in [-0.4, -0.2) is 30.7 Å². The van der Waals surface area contributed by atoms with E-state index in [0.29, 0.717) is 32.5 Å². The van der Waals surface area contributed by atoms with Gasteiger partial charge in [-0.2, -0.15) is 5.26 Å². The molecule has 0 bridgehead atoms. The maximum absolute atomic E-state index is 12.6. The zero-order valence-electron chi connectivity index (χ0n) is 15.7. The Kier molecular flexibility index (Phi) is 5.79. The number of amides is 1. The molecule has 0 radical (unpaired) electrons. The summed E-state index contributed by atoms with van der Waals surface area (Å²) in [5, 5.41) is 12.4. The molecule has 5 nitrogen and oxygen atoms in total. The number of nitrogens with zero attached hydrogens (tertiary/aromatic N) is 1. The van der Waals surface area contributed by atoms with Crippen LogP contribution in [-0.2, 0) is 9.53 Å². The Morgan fingerprint density at radius 2 is 1.93 bits per heavy atom. The monoisotopic (exact) mass is 365 g/mol. The predicted molar refractivity (Wildman–Crippen MR) is 105 cm³/mol. The molecule has 1 aromatic carbocycles. The largest absolute Gasteiger partial charge is 0.381 e. The molecule has 5 heteroatoms. The molecule has 1 aliphatic heterocycles. The average Bonchev–Trinajstić information content (AvgIpc) is 2.69. The van der Waals surface area contributed by atoms with Crippen LogP contribution in [0.4, 0.5) is 0 Å². The first-order valence-electron chi connectivity index (χ1n) is 9.45. The highest BCUT2D eigenvalue weighted by atomic mass is 16.5. The molecule has 2 aliphatic rings. The van der Waals surface area contributed by atoms with Crippen LogP contribution in [0.3, 0.4) is 0 Å². The van der Waals surface area contributed by atoms with E-state index in [2.05, 4.69) is 54.7 Å². The van der Waals surface area contributed by atoms with Crippen molar-refractivity contribution in [3.05, 3.63) is 60.2 Å². The SMILES string of the molecule is CC1(C[C@@H](C#N)NC(=O)C2(N)CCOCC2)C=CC(c2ccccc2)C=C1. The number of benzene rings is 1. The summed E-state index contributed by atoms with van der Waals surface area (Å²) in [6, 6.07) is 11.9. The number of carbonyl (C=O) groups is 1. The summed E-state index contributed by atoms with van der Waals surface area (Å²) >= 11 is 0. The van der Waals surface area contributed by atoms with E-state index in [1.807, 2.05) is 18.2 Å². The topological polar surface area (TPSA) is 88.1 Å². The van der Waals surface area contributed by atoms with Gasteiger partial charge in [-0.15, -0.1) is 0 Å². The molecule has 3 N–H and O–H groups in total. The summed E-state index contributed by atoms with van der Waals surface area (Å²) in [6.07, 6.45) is 10.1. The lowest BCUT2D eigenvalue weighted by Crippen LogP contribution is -2.58. The minimum Gasteiger partial charge on any atom is -0.381 e. The number of ether oxygens (including phenoxy) is 1. The molecule has 0 spiro atoms. The predicted octanol–water partition coefficient (Wildman–Crippen LogP) is 2.81. The van der Waals surface area contributed by atoms with Crippen molar-refractivity contribution < 1.29 is 9.53 Å². The average molecular weight is 365 g/mol. The number of nitriles is 1. The Bertz CT molecular complexity index is 744. The molecule has 142 valence electrons. The third kappa shape index (κ3) is 4.65. The maximum Gasteiger partial charge on any atom is 0.241 e. The van der Waals surface area contributed by atoms with Gasteiger partial charge in [-0.1, -0.05) is 61.6 Å². The number of hydrogen-bond donors (Lipinski definition) is 2. The van der Waals surface area contributed by atoms with E-state index in [0.717, 1.165) is 0 Å². The molecule has 0 aromatic heterocycles. The normalized spacial score (nSPS) is 27.5. The molecule has 1 atom stereocenters. The second-order valence-electron chi connectivity index (χ2n) is 7.79. The summed E-state index contributed by atoms with van der Waals surface area (Å²) in [7, 11) is 0. The van der Waals surface area contributed by atoms with Crippen molar-refractivity contribution in [2.24, 2.45) is 11.1 Å². The molecule has 3 rings (SSSR count). The van der Waals surface area contributed by atoms with Gasteiger partial charge in [-0.25, -0.2) is 0 Å². The third-order valence-corrected chi connectivity index (χ3v) is 5.50. The van der Waals surface area contributed by atoms with Crippen LogP contribution in [0.5, 0.6) is 0 Å². The van der Waals surface area contributed by atoms with Crippen molar-refractivity contribution in [2.45, 2.75) is 43.7 Å². The van der Waals surface area contributed by atoms with E-state index in [1.165, 1.54) is 5.56 Å². The minimum atomic E-state index is -0.940. The van der Waals surface area contributed by atoms with Crippen molar-refractivity contribution in [1.82, 2.24) is 5.32 Å². The first kappa shape index (κ1) is 19.3. The number of nitrogens with one attached hydrogen (secondary N) is 1. The number of rotatable bonds is 5. The van der Waals surface area contributed by atoms with E-state index in [-0.39, 0.29) is 17.2 Å². The fourth-order valence-electron chi connectivity index (χ4n) is 3.63. The number of hydrogen-bond acceptors (Lipinski definition) is 4. The second-order valence-corrected chi connectivity index (χ2v) is 7.79. The molecule has 1 heterocycles. The quantitative estimate of drug-likeness (QED) is 0.786. The van der Waals surface area contributed by atoms with Crippen LogP contribution < -0.4 is 11.1 Å². The van der Waals surface area contributed by atoms with E-state index >= 15 is 0 Å². The molecule has 0 unspecified atom stereocenters. The highest BCUT2D eigenvalue weighted by Crippen LogP contribution is 2.35. The van der Waals surface area contributed by atoms with Crippen LogP contribution in [0.15, 0.2) is 54.6 Å². The molecule has 1 saturated heterocycles. The highest BCUT2D eigenvalue weighted by Gasteiger charge is 2.37. The van der Waals surface area contributed by atoms with Crippen molar-refractivity contribution in [3.63, 3.8) is 0 Å². The standard InChI is InChI=1S/C22H27N3O2/c1-21(9-7-18(8-10-21)17-5-3-2-4-6-17)15-19(16-23)25-20(26)22(24)11-13-27-14-12-22/h2-10,18-19H,11-15,24H2,1H3,(H,25,26)/t18?,19-,21?/m0/s1. The summed E-state index contributed by atoms with van der Waals surface area (Å²) in [6.45, 7) is 3.03. The van der Waals surface area contributed by atoms with E-state index < -0.39 is 11.6 Å². The van der Waals surface area contributed by atoms with Gasteiger partial charge < -0.3 is 15.8 Å². The molecule has 1 aromatic rings. The fourth-order valence-corrected chi connectivity index (χ4v) is 3.63. The lowest BCUT2D eigenvalue weighted by Gasteiger charge is -2.34. The van der Waals surface area contributed by atoms with E-state index in [1.54, 1.807) is 0 Å². The van der Waals surface area contributed by atoms with Crippen molar-refractivity contribution in [3.8, 4) is 6.07 Å². The molecular formula is C22H27N3O2. The molecule has 0 saturated carbocycles. The lowest BCUT2D eigenvalue weighted by atomic mass is 9.77. The van der Waals surface area contributed by atoms with Gasteiger partial charge in [0.25, 0.3) is 0 Å². The Balaban J connectivity index is 1.62. The Morgan fingerprint density at radius 3 is 2.52 bits per heavy atom. The Labute approximate surface area is 160 Å². The van der Waals surface area contributed by atoms with Crippen LogP contribution in [0.2, 0.25) is 0 Å². The van der Waals surface area contributed by atoms with E-state index in [4.69, 9.17) is 10.5 Å². The first-order chi connectivity index (χ1) is 12.9. The van der Waals surface area contributed by atoms with Crippen molar-refractivity contribution >= 4 is 5.91 Å². The zero-order valence-corrected chi connectivity index (χ0v) is 15.7. The van der Waals surface area contributed by atoms with Crippen LogP contribution in [0.1, 0.15) is 37.7 Å². The van der Waals surface area contributed by atoms with Gasteiger partial charge in [0, 0.05) is 24.5 Å². The zero-order chi connectivity index (χ0) is 19.3. The van der Waals surface area contributed by atoms with Gasteiger partial charge in [-0.3, -0.25) is 4.79 Å². The van der Waals surface area contributed by atoms with Crippen LogP contribution in [0.25, 0.3) is 0 Å². The minimum absolute atomic E-state index is 0.240. The molecule has 1 fully saturated rings. The van der Waals surface area contributed by atoms with Gasteiger partial charge in [0.2, 0.25) is 5.91 Å². The summed E-state index contributed by atoms with van der Waals surface area (Å²) in [5.74, 6) is -0.0177. The summed E-state index contributed by atoms with van der Waals surface area (Å²) < 4.78 is 5.29. The number of allylic oxidation sites excluding steroid dienone is 4. The maximum atomic E-state index is 12.6. The number of carbonyl (C=O) groups excluding carboxylic acids is 1. The van der Waals surface area contributed by atoms with Crippen LogP contribution >= 0.6 is 0 Å². The van der Waals surface area contributed by atoms with Gasteiger partial charge >= 0.3 is 0 Å². The second kappa shape index (κ2) is 8.08. The van der Waals surface area contributed by atoms with Gasteiger partial charge in [0.15, 0.2) is 0 Å². The first-order valence-corrected chi connectivity index (χ1v) is 9.45. The summed E-state index contributed by atoms with van der Waals surface area (Å²) in [5.41, 5.74) is 6.24. The fraction of sp³-hybridized carbons (Fsp3) is 0.455. The molecule has 27 heavy (non-hydrogen) atoms. The van der Waals surface area contributed by atoms with Crippen molar-refractivity contribution in [2.75, 3.05) is 13.2 Å². The summed E-state index contributed by atoms with van der Waals surface area (Å²) in [4.78, 5) is 12.6.